The van der Waals surface area contributed by atoms with Crippen molar-refractivity contribution in [3.63, 3.8) is 0 Å². The summed E-state index contributed by atoms with van der Waals surface area (Å²) in [4.78, 5) is 23.9. The standard InChI is InChI=1S/C18H19ClN2O3/c1-12(13-6-5-7-14(19)10-13)20-11-17(22)21-16-9-4-3-8-15(16)18(23)24-2/h3-10,12,20H,11H2,1-2H3,(H,21,22)/p+1/t12-/m0/s1. The fourth-order valence-corrected chi connectivity index (χ4v) is 2.49. The summed E-state index contributed by atoms with van der Waals surface area (Å²) in [6.07, 6.45) is 0. The minimum atomic E-state index is -0.484. The molecule has 2 rings (SSSR count). The van der Waals surface area contributed by atoms with Gasteiger partial charge in [-0.1, -0.05) is 35.9 Å². The Morgan fingerprint density at radius 3 is 2.67 bits per heavy atom. The van der Waals surface area contributed by atoms with E-state index in [1.807, 2.05) is 36.5 Å². The molecule has 0 aliphatic rings. The molecule has 6 heteroatoms. The molecule has 0 aromatic heterocycles. The number of quaternary nitrogens is 1. The number of carbonyl (C=O) groups is 2. The molecule has 0 radical (unpaired) electrons. The highest BCUT2D eigenvalue weighted by Crippen LogP contribution is 2.16. The summed E-state index contributed by atoms with van der Waals surface area (Å²) in [5, 5.41) is 5.32. The number of methoxy groups -OCH3 is 1. The molecule has 1 amide bonds. The third-order valence-corrected chi connectivity index (χ3v) is 3.87. The van der Waals surface area contributed by atoms with Crippen molar-refractivity contribution in [1.82, 2.24) is 0 Å². The summed E-state index contributed by atoms with van der Waals surface area (Å²) in [5.41, 5.74) is 1.82. The second-order valence-electron chi connectivity index (χ2n) is 5.37. The van der Waals surface area contributed by atoms with Gasteiger partial charge in [0, 0.05) is 10.6 Å². The number of nitrogens with one attached hydrogen (secondary N) is 1. The average molecular weight is 348 g/mol. The number of hydrogen-bond acceptors (Lipinski definition) is 3. The monoisotopic (exact) mass is 347 g/mol. The number of para-hydroxylation sites is 1. The highest BCUT2D eigenvalue weighted by Gasteiger charge is 2.15. The Hall–Kier alpha value is -2.37. The molecule has 5 nitrogen and oxygen atoms in total. The van der Waals surface area contributed by atoms with Crippen LogP contribution in [0, 0.1) is 0 Å². The SMILES string of the molecule is COC(=O)c1ccccc1NC(=O)C[NH2+][C@@H](C)c1cccc(Cl)c1. The molecular formula is C18H20ClN2O3+. The number of nitrogens with two attached hydrogens (primary N) is 1. The predicted molar refractivity (Wildman–Crippen MR) is 93.1 cm³/mol. The van der Waals surface area contributed by atoms with Gasteiger partial charge in [0.25, 0.3) is 5.91 Å². The van der Waals surface area contributed by atoms with Crippen LogP contribution in [0.3, 0.4) is 0 Å². The van der Waals surface area contributed by atoms with Crippen molar-refractivity contribution < 1.29 is 19.6 Å². The normalized spacial score (nSPS) is 11.6. The Morgan fingerprint density at radius 1 is 1.21 bits per heavy atom. The van der Waals surface area contributed by atoms with E-state index in [-0.39, 0.29) is 18.5 Å². The van der Waals surface area contributed by atoms with Gasteiger partial charge in [0.15, 0.2) is 6.54 Å². The number of ether oxygens (including phenoxy) is 1. The Labute approximate surface area is 146 Å². The Morgan fingerprint density at radius 2 is 1.96 bits per heavy atom. The minimum absolute atomic E-state index is 0.0882. The van der Waals surface area contributed by atoms with E-state index >= 15 is 0 Å². The Kier molecular flexibility index (Phi) is 6.35. The van der Waals surface area contributed by atoms with Crippen molar-refractivity contribution in [1.29, 1.82) is 0 Å². The number of rotatable bonds is 6. The molecule has 0 saturated carbocycles. The summed E-state index contributed by atoms with van der Waals surface area (Å²) in [5.74, 6) is -0.678. The molecule has 0 fully saturated rings. The van der Waals surface area contributed by atoms with Gasteiger partial charge in [0.2, 0.25) is 0 Å². The maximum Gasteiger partial charge on any atom is 0.339 e. The molecule has 0 heterocycles. The van der Waals surface area contributed by atoms with Crippen LogP contribution in [-0.4, -0.2) is 25.5 Å². The first kappa shape index (κ1) is 18.0. The maximum atomic E-state index is 12.2. The fraction of sp³-hybridized carbons (Fsp3) is 0.222. The van der Waals surface area contributed by atoms with E-state index in [0.717, 1.165) is 5.56 Å². The van der Waals surface area contributed by atoms with Crippen molar-refractivity contribution in [2.75, 3.05) is 19.0 Å². The molecule has 126 valence electrons. The van der Waals surface area contributed by atoms with E-state index < -0.39 is 5.97 Å². The number of carbonyl (C=O) groups excluding carboxylic acids is 2. The van der Waals surface area contributed by atoms with Gasteiger partial charge in [-0.15, -0.1) is 0 Å². The van der Waals surface area contributed by atoms with E-state index in [2.05, 4.69) is 5.32 Å². The molecule has 24 heavy (non-hydrogen) atoms. The Bertz CT molecular complexity index is 734. The zero-order chi connectivity index (χ0) is 17.5. The molecule has 3 N–H and O–H groups in total. The fourth-order valence-electron chi connectivity index (χ4n) is 2.29. The van der Waals surface area contributed by atoms with Crippen molar-refractivity contribution in [3.05, 3.63) is 64.7 Å². The largest absolute Gasteiger partial charge is 0.465 e. The summed E-state index contributed by atoms with van der Waals surface area (Å²) >= 11 is 5.98. The van der Waals surface area contributed by atoms with E-state index in [0.29, 0.717) is 16.3 Å². The number of halogens is 1. The van der Waals surface area contributed by atoms with Crippen LogP contribution < -0.4 is 10.6 Å². The predicted octanol–water partition coefficient (Wildman–Crippen LogP) is 2.39. The van der Waals surface area contributed by atoms with Crippen molar-refractivity contribution in [2.45, 2.75) is 13.0 Å². The zero-order valence-electron chi connectivity index (χ0n) is 13.6. The molecule has 0 unspecified atom stereocenters. The summed E-state index contributed by atoms with van der Waals surface area (Å²) < 4.78 is 4.72. The number of amides is 1. The first-order chi connectivity index (χ1) is 11.5. The lowest BCUT2D eigenvalue weighted by Gasteiger charge is -2.12. The van der Waals surface area contributed by atoms with E-state index in [9.17, 15) is 9.59 Å². The van der Waals surface area contributed by atoms with Crippen LogP contribution in [0.25, 0.3) is 0 Å². The summed E-state index contributed by atoms with van der Waals surface area (Å²) in [6.45, 7) is 2.23. The Balaban J connectivity index is 1.96. The number of benzene rings is 2. The summed E-state index contributed by atoms with van der Waals surface area (Å²) in [6, 6.07) is 14.4. The maximum absolute atomic E-state index is 12.2. The van der Waals surface area contributed by atoms with Crippen LogP contribution in [0.4, 0.5) is 5.69 Å². The molecule has 0 bridgehead atoms. The van der Waals surface area contributed by atoms with Crippen LogP contribution in [0.1, 0.15) is 28.9 Å². The van der Waals surface area contributed by atoms with E-state index in [1.165, 1.54) is 7.11 Å². The first-order valence-corrected chi connectivity index (χ1v) is 7.95. The molecular weight excluding hydrogens is 328 g/mol. The molecule has 0 aliphatic heterocycles. The van der Waals surface area contributed by atoms with Crippen LogP contribution in [0.2, 0.25) is 5.02 Å². The van der Waals surface area contributed by atoms with Gasteiger partial charge in [-0.25, -0.2) is 4.79 Å². The van der Waals surface area contributed by atoms with Crippen molar-refractivity contribution >= 4 is 29.2 Å². The second kappa shape index (κ2) is 8.47. The highest BCUT2D eigenvalue weighted by atomic mass is 35.5. The number of anilines is 1. The molecule has 2 aromatic rings. The van der Waals surface area contributed by atoms with Crippen LogP contribution in [-0.2, 0) is 9.53 Å². The van der Waals surface area contributed by atoms with Crippen LogP contribution >= 0.6 is 11.6 Å². The molecule has 0 aliphatic carbocycles. The van der Waals surface area contributed by atoms with Gasteiger partial charge < -0.3 is 15.4 Å². The lowest BCUT2D eigenvalue weighted by atomic mass is 10.1. The minimum Gasteiger partial charge on any atom is -0.465 e. The first-order valence-electron chi connectivity index (χ1n) is 7.57. The summed E-state index contributed by atoms with van der Waals surface area (Å²) in [7, 11) is 1.31. The number of esters is 1. The average Bonchev–Trinajstić information content (AvgIpc) is 2.59. The molecule has 0 spiro atoms. The number of hydrogen-bond donors (Lipinski definition) is 2. The van der Waals surface area contributed by atoms with Gasteiger partial charge in [-0.2, -0.15) is 0 Å². The third-order valence-electron chi connectivity index (χ3n) is 3.64. The van der Waals surface area contributed by atoms with Gasteiger partial charge in [-0.05, 0) is 31.2 Å². The second-order valence-corrected chi connectivity index (χ2v) is 5.81. The van der Waals surface area contributed by atoms with Crippen molar-refractivity contribution in [3.8, 4) is 0 Å². The van der Waals surface area contributed by atoms with Gasteiger partial charge in [0.1, 0.15) is 6.04 Å². The smallest absolute Gasteiger partial charge is 0.339 e. The van der Waals surface area contributed by atoms with Gasteiger partial charge in [-0.3, -0.25) is 4.79 Å². The lowest BCUT2D eigenvalue weighted by molar-refractivity contribution is -0.682. The van der Waals surface area contributed by atoms with E-state index in [4.69, 9.17) is 16.3 Å². The van der Waals surface area contributed by atoms with Crippen LogP contribution in [0.15, 0.2) is 48.5 Å². The van der Waals surface area contributed by atoms with Crippen LogP contribution in [0.5, 0.6) is 0 Å². The zero-order valence-corrected chi connectivity index (χ0v) is 14.3. The topological polar surface area (TPSA) is 72.0 Å². The van der Waals surface area contributed by atoms with Crippen molar-refractivity contribution in [2.24, 2.45) is 0 Å². The molecule has 2 aromatic carbocycles. The quantitative estimate of drug-likeness (QED) is 0.788. The van der Waals surface area contributed by atoms with Gasteiger partial charge >= 0.3 is 5.97 Å². The molecule has 1 atom stereocenters. The third kappa shape index (κ3) is 4.81. The van der Waals surface area contributed by atoms with E-state index in [1.54, 1.807) is 24.3 Å². The molecule has 0 saturated heterocycles. The highest BCUT2D eigenvalue weighted by molar-refractivity contribution is 6.30. The lowest BCUT2D eigenvalue weighted by Crippen LogP contribution is -2.86. The van der Waals surface area contributed by atoms with Gasteiger partial charge in [0.05, 0.1) is 18.4 Å².